The van der Waals surface area contributed by atoms with E-state index in [1.807, 2.05) is 44.2 Å². The van der Waals surface area contributed by atoms with Gasteiger partial charge in [0.2, 0.25) is 0 Å². The van der Waals surface area contributed by atoms with Gasteiger partial charge < -0.3 is 14.8 Å². The standard InChI is InChI=1S/C25H26ClNO5/c1-25(2,19-8-6-5-7-9-19)32-31-24(17-10-12-20(26)13-11-17)27-23(28)18-14-21(29-3)16-22(15-18)30-4/h5-16,24H,1-4H3,(H,27,28)/t24-/m1/s1. The molecule has 6 nitrogen and oxygen atoms in total. The second-order valence-corrected chi connectivity index (χ2v) is 8.00. The third kappa shape index (κ3) is 6.01. The van der Waals surface area contributed by atoms with Gasteiger partial charge in [-0.15, -0.1) is 0 Å². The van der Waals surface area contributed by atoms with Gasteiger partial charge in [0.1, 0.15) is 17.1 Å². The first-order valence-corrected chi connectivity index (χ1v) is 10.4. The van der Waals surface area contributed by atoms with Crippen LogP contribution in [0.2, 0.25) is 5.02 Å². The molecule has 0 aromatic heterocycles. The number of methoxy groups -OCH3 is 2. The molecule has 0 radical (unpaired) electrons. The Kier molecular flexibility index (Phi) is 7.75. The molecule has 3 rings (SSSR count). The highest BCUT2D eigenvalue weighted by Crippen LogP contribution is 2.29. The highest BCUT2D eigenvalue weighted by molar-refractivity contribution is 6.30. The molecule has 0 spiro atoms. The number of hydrogen-bond donors (Lipinski definition) is 1. The third-order valence-electron chi connectivity index (χ3n) is 4.87. The van der Waals surface area contributed by atoms with E-state index >= 15 is 0 Å². The average molecular weight is 456 g/mol. The Balaban J connectivity index is 1.83. The molecule has 0 aliphatic rings. The summed E-state index contributed by atoms with van der Waals surface area (Å²) in [5, 5.41) is 3.43. The van der Waals surface area contributed by atoms with E-state index < -0.39 is 11.8 Å². The molecule has 0 bridgehead atoms. The number of nitrogens with one attached hydrogen (secondary N) is 1. The molecule has 7 heteroatoms. The first-order valence-electron chi connectivity index (χ1n) is 10.0. The molecular formula is C25H26ClNO5. The van der Waals surface area contributed by atoms with E-state index in [0.717, 1.165) is 5.56 Å². The van der Waals surface area contributed by atoms with Crippen molar-refractivity contribution in [3.63, 3.8) is 0 Å². The molecule has 3 aromatic rings. The SMILES string of the molecule is COc1cc(OC)cc(C(=O)N[C@H](OOC(C)(C)c2ccccc2)c2ccc(Cl)cc2)c1. The van der Waals surface area contributed by atoms with Crippen molar-refractivity contribution in [2.75, 3.05) is 14.2 Å². The van der Waals surface area contributed by atoms with Gasteiger partial charge >= 0.3 is 0 Å². The zero-order chi connectivity index (χ0) is 23.1. The molecule has 0 saturated carbocycles. The van der Waals surface area contributed by atoms with Gasteiger partial charge in [0.05, 0.1) is 14.2 Å². The average Bonchev–Trinajstić information content (AvgIpc) is 2.82. The Bertz CT molecular complexity index is 1020. The van der Waals surface area contributed by atoms with Crippen molar-refractivity contribution in [2.24, 2.45) is 0 Å². The van der Waals surface area contributed by atoms with Crippen LogP contribution in [-0.2, 0) is 15.4 Å². The van der Waals surface area contributed by atoms with Gasteiger partial charge in [-0.3, -0.25) is 4.79 Å². The van der Waals surface area contributed by atoms with Gasteiger partial charge in [-0.05, 0) is 43.7 Å². The molecule has 1 N–H and O–H groups in total. The van der Waals surface area contributed by atoms with E-state index in [0.29, 0.717) is 27.6 Å². The molecule has 0 aliphatic heterocycles. The van der Waals surface area contributed by atoms with Crippen molar-refractivity contribution in [3.8, 4) is 11.5 Å². The lowest BCUT2D eigenvalue weighted by Crippen LogP contribution is -2.33. The molecule has 3 aromatic carbocycles. The zero-order valence-electron chi connectivity index (χ0n) is 18.4. The monoisotopic (exact) mass is 455 g/mol. The predicted octanol–water partition coefficient (Wildman–Crippen LogP) is 5.67. The topological polar surface area (TPSA) is 66.0 Å². The van der Waals surface area contributed by atoms with Crippen molar-refractivity contribution in [1.82, 2.24) is 5.32 Å². The lowest BCUT2D eigenvalue weighted by Gasteiger charge is -2.27. The number of hydrogen-bond acceptors (Lipinski definition) is 5. The normalized spacial score (nSPS) is 12.2. The predicted molar refractivity (Wildman–Crippen MR) is 123 cm³/mol. The molecule has 0 fully saturated rings. The first kappa shape index (κ1) is 23.6. The van der Waals surface area contributed by atoms with Crippen LogP contribution in [0.1, 0.15) is 41.6 Å². The molecule has 32 heavy (non-hydrogen) atoms. The number of carbonyl (C=O) groups is 1. The third-order valence-corrected chi connectivity index (χ3v) is 5.12. The minimum absolute atomic E-state index is 0.353. The highest BCUT2D eigenvalue weighted by Gasteiger charge is 2.26. The molecule has 168 valence electrons. The van der Waals surface area contributed by atoms with Crippen LogP contribution < -0.4 is 14.8 Å². The maximum Gasteiger partial charge on any atom is 0.253 e. The number of ether oxygens (including phenoxy) is 2. The van der Waals surface area contributed by atoms with E-state index in [2.05, 4.69) is 5.32 Å². The highest BCUT2D eigenvalue weighted by atomic mass is 35.5. The van der Waals surface area contributed by atoms with Gasteiger partial charge in [0, 0.05) is 22.2 Å². The molecule has 0 heterocycles. The summed E-state index contributed by atoms with van der Waals surface area (Å²) >= 11 is 6.03. The fourth-order valence-electron chi connectivity index (χ4n) is 3.00. The number of benzene rings is 3. The second kappa shape index (κ2) is 10.5. The minimum Gasteiger partial charge on any atom is -0.497 e. The summed E-state index contributed by atoms with van der Waals surface area (Å²) in [6, 6.07) is 21.6. The molecule has 0 saturated heterocycles. The smallest absolute Gasteiger partial charge is 0.253 e. The van der Waals surface area contributed by atoms with E-state index in [-0.39, 0.29) is 5.91 Å². The van der Waals surface area contributed by atoms with Gasteiger partial charge in [0.15, 0.2) is 6.23 Å². The molecule has 0 aliphatic carbocycles. The maximum absolute atomic E-state index is 13.0. The summed E-state index contributed by atoms with van der Waals surface area (Å²) < 4.78 is 10.5. The van der Waals surface area contributed by atoms with Crippen LogP contribution in [0.15, 0.2) is 72.8 Å². The first-order chi connectivity index (χ1) is 15.3. The van der Waals surface area contributed by atoms with Crippen LogP contribution in [0.4, 0.5) is 0 Å². The van der Waals surface area contributed by atoms with E-state index in [1.54, 1.807) is 42.5 Å². The van der Waals surface area contributed by atoms with Crippen molar-refractivity contribution < 1.29 is 24.0 Å². The molecular weight excluding hydrogens is 430 g/mol. The minimum atomic E-state index is -0.889. The second-order valence-electron chi connectivity index (χ2n) is 7.56. The maximum atomic E-state index is 13.0. The lowest BCUT2D eigenvalue weighted by atomic mass is 9.99. The number of carbonyl (C=O) groups excluding carboxylic acids is 1. The Morgan fingerprint density at radius 1 is 0.906 bits per heavy atom. The van der Waals surface area contributed by atoms with Crippen LogP contribution in [-0.4, -0.2) is 20.1 Å². The molecule has 1 atom stereocenters. The van der Waals surface area contributed by atoms with Crippen molar-refractivity contribution in [2.45, 2.75) is 25.7 Å². The Hall–Kier alpha value is -3.06. The number of halogens is 1. The van der Waals surface area contributed by atoms with Crippen molar-refractivity contribution in [1.29, 1.82) is 0 Å². The quantitative estimate of drug-likeness (QED) is 0.256. The summed E-state index contributed by atoms with van der Waals surface area (Å²) in [7, 11) is 3.05. The van der Waals surface area contributed by atoms with Gasteiger partial charge in [-0.25, -0.2) is 9.78 Å². The summed E-state index contributed by atoms with van der Waals surface area (Å²) in [4.78, 5) is 24.6. The van der Waals surface area contributed by atoms with Gasteiger partial charge in [-0.1, -0.05) is 54.1 Å². The van der Waals surface area contributed by atoms with Crippen molar-refractivity contribution >= 4 is 17.5 Å². The fraction of sp³-hybridized carbons (Fsp3) is 0.240. The van der Waals surface area contributed by atoms with Gasteiger partial charge in [-0.2, -0.15) is 0 Å². The van der Waals surface area contributed by atoms with Crippen LogP contribution in [0, 0.1) is 0 Å². The van der Waals surface area contributed by atoms with Crippen LogP contribution in [0.25, 0.3) is 0 Å². The summed E-state index contributed by atoms with van der Waals surface area (Å²) in [5.74, 6) is 0.614. The number of amides is 1. The summed E-state index contributed by atoms with van der Waals surface area (Å²) in [5.41, 5.74) is 1.20. The van der Waals surface area contributed by atoms with Crippen LogP contribution >= 0.6 is 11.6 Å². The van der Waals surface area contributed by atoms with E-state index in [1.165, 1.54) is 14.2 Å². The Morgan fingerprint density at radius 2 is 1.50 bits per heavy atom. The zero-order valence-corrected chi connectivity index (χ0v) is 19.2. The van der Waals surface area contributed by atoms with Crippen molar-refractivity contribution in [3.05, 3.63) is 94.5 Å². The largest absolute Gasteiger partial charge is 0.497 e. The van der Waals surface area contributed by atoms with Crippen LogP contribution in [0.5, 0.6) is 11.5 Å². The number of rotatable bonds is 9. The Labute approximate surface area is 192 Å². The van der Waals surface area contributed by atoms with Crippen LogP contribution in [0.3, 0.4) is 0 Å². The summed E-state index contributed by atoms with van der Waals surface area (Å²) in [6.45, 7) is 3.77. The molecule has 0 unspecified atom stereocenters. The van der Waals surface area contributed by atoms with E-state index in [4.69, 9.17) is 30.8 Å². The Morgan fingerprint density at radius 3 is 2.06 bits per heavy atom. The fourth-order valence-corrected chi connectivity index (χ4v) is 3.12. The summed E-state index contributed by atoms with van der Waals surface area (Å²) in [6.07, 6.45) is -0.889. The molecule has 1 amide bonds. The lowest BCUT2D eigenvalue weighted by molar-refractivity contribution is -0.388. The van der Waals surface area contributed by atoms with E-state index in [9.17, 15) is 4.79 Å². The van der Waals surface area contributed by atoms with Gasteiger partial charge in [0.25, 0.3) is 5.91 Å².